The van der Waals surface area contributed by atoms with Gasteiger partial charge in [-0.2, -0.15) is 5.26 Å². The summed E-state index contributed by atoms with van der Waals surface area (Å²) in [7, 11) is 0. The minimum Gasteiger partial charge on any atom is -0.376 e. The molecule has 1 amide bonds. The van der Waals surface area contributed by atoms with E-state index in [1.807, 2.05) is 30.3 Å². The number of nitrogens with zero attached hydrogens (tertiary/aromatic N) is 1. The Bertz CT molecular complexity index is 1070. The van der Waals surface area contributed by atoms with E-state index in [0.717, 1.165) is 22.7 Å². The third-order valence-electron chi connectivity index (χ3n) is 4.70. The van der Waals surface area contributed by atoms with Gasteiger partial charge in [-0.25, -0.2) is 0 Å². The van der Waals surface area contributed by atoms with Crippen molar-refractivity contribution < 1.29 is 4.79 Å². The van der Waals surface area contributed by atoms with Crippen molar-refractivity contribution in [2.75, 3.05) is 22.9 Å². The molecule has 0 fully saturated rings. The van der Waals surface area contributed by atoms with Crippen molar-refractivity contribution in [3.05, 3.63) is 77.9 Å². The van der Waals surface area contributed by atoms with Crippen LogP contribution in [0.4, 0.5) is 11.4 Å². The highest BCUT2D eigenvalue weighted by molar-refractivity contribution is 7.99. The molecule has 4 rings (SSSR count). The molecule has 1 aliphatic carbocycles. The maximum Gasteiger partial charge on any atom is 0.243 e. The van der Waals surface area contributed by atoms with Crippen LogP contribution in [0.2, 0.25) is 0 Å². The molecule has 5 heteroatoms. The van der Waals surface area contributed by atoms with Crippen LogP contribution in [0.3, 0.4) is 0 Å². The SMILES string of the molecule is N#CCSc1ccccc1NC(=O)CNc1ccc2c(c1)Cc1ccccc1-2. The van der Waals surface area contributed by atoms with Crippen LogP contribution in [-0.2, 0) is 11.2 Å². The third-order valence-corrected chi connectivity index (χ3v) is 5.64. The van der Waals surface area contributed by atoms with Crippen LogP contribution in [0.1, 0.15) is 11.1 Å². The summed E-state index contributed by atoms with van der Waals surface area (Å²) in [6.45, 7) is 0.184. The number of carbonyl (C=O) groups is 1. The van der Waals surface area contributed by atoms with Crippen molar-refractivity contribution in [3.63, 3.8) is 0 Å². The van der Waals surface area contributed by atoms with Crippen LogP contribution in [0.5, 0.6) is 0 Å². The van der Waals surface area contributed by atoms with E-state index in [1.165, 1.54) is 34.0 Å². The van der Waals surface area contributed by atoms with Gasteiger partial charge in [0.15, 0.2) is 0 Å². The standard InChI is InChI=1S/C23H19N3OS/c24-11-12-28-22-8-4-3-7-21(22)26-23(27)15-25-18-9-10-20-17(14-18)13-16-5-1-2-6-19(16)20/h1-10,14,25H,12-13,15H2,(H,26,27). The second kappa shape index (κ2) is 8.20. The molecule has 28 heavy (non-hydrogen) atoms. The molecule has 0 unspecified atom stereocenters. The summed E-state index contributed by atoms with van der Waals surface area (Å²) in [5, 5.41) is 14.9. The Kier molecular flexibility index (Phi) is 5.31. The molecule has 0 spiro atoms. The number of hydrogen-bond donors (Lipinski definition) is 2. The summed E-state index contributed by atoms with van der Waals surface area (Å²) >= 11 is 1.41. The number of benzene rings is 3. The van der Waals surface area contributed by atoms with E-state index >= 15 is 0 Å². The first-order valence-electron chi connectivity index (χ1n) is 9.08. The van der Waals surface area contributed by atoms with Gasteiger partial charge >= 0.3 is 0 Å². The molecule has 0 saturated carbocycles. The fourth-order valence-electron chi connectivity index (χ4n) is 3.44. The first kappa shape index (κ1) is 18.1. The maximum atomic E-state index is 12.4. The van der Waals surface area contributed by atoms with Gasteiger partial charge in [-0.1, -0.05) is 42.5 Å². The third kappa shape index (κ3) is 3.88. The van der Waals surface area contributed by atoms with Crippen molar-refractivity contribution in [1.29, 1.82) is 5.26 Å². The maximum absolute atomic E-state index is 12.4. The lowest BCUT2D eigenvalue weighted by Crippen LogP contribution is -2.22. The van der Waals surface area contributed by atoms with E-state index < -0.39 is 0 Å². The number of carbonyl (C=O) groups excluding carboxylic acids is 1. The molecule has 0 atom stereocenters. The van der Waals surface area contributed by atoms with Crippen LogP contribution in [0.25, 0.3) is 11.1 Å². The first-order chi connectivity index (χ1) is 13.7. The molecule has 1 aliphatic rings. The highest BCUT2D eigenvalue weighted by Gasteiger charge is 2.18. The first-order valence-corrected chi connectivity index (χ1v) is 10.1. The number of fused-ring (bicyclic) bond motifs is 3. The molecule has 0 bridgehead atoms. The highest BCUT2D eigenvalue weighted by atomic mass is 32.2. The van der Waals surface area contributed by atoms with E-state index in [2.05, 4.69) is 53.1 Å². The molecule has 2 N–H and O–H groups in total. The van der Waals surface area contributed by atoms with Gasteiger partial charge < -0.3 is 10.6 Å². The van der Waals surface area contributed by atoms with Crippen molar-refractivity contribution >= 4 is 29.0 Å². The van der Waals surface area contributed by atoms with Gasteiger partial charge in [-0.3, -0.25) is 4.79 Å². The van der Waals surface area contributed by atoms with Gasteiger partial charge in [-0.05, 0) is 52.9 Å². The van der Waals surface area contributed by atoms with Crippen LogP contribution in [0.15, 0.2) is 71.6 Å². The molecule has 3 aromatic rings. The molecule has 3 aromatic carbocycles. The van der Waals surface area contributed by atoms with Gasteiger partial charge in [0.25, 0.3) is 0 Å². The quantitative estimate of drug-likeness (QED) is 0.462. The lowest BCUT2D eigenvalue weighted by atomic mass is 10.1. The van der Waals surface area contributed by atoms with Gasteiger partial charge in [-0.15, -0.1) is 11.8 Å². The van der Waals surface area contributed by atoms with Crippen LogP contribution >= 0.6 is 11.8 Å². The number of nitrogens with one attached hydrogen (secondary N) is 2. The highest BCUT2D eigenvalue weighted by Crippen LogP contribution is 2.37. The molecular weight excluding hydrogens is 366 g/mol. The molecule has 4 nitrogen and oxygen atoms in total. The number of rotatable bonds is 6. The minimum absolute atomic E-state index is 0.117. The lowest BCUT2D eigenvalue weighted by molar-refractivity contribution is -0.114. The van der Waals surface area contributed by atoms with Gasteiger partial charge in [0.05, 0.1) is 24.1 Å². The lowest BCUT2D eigenvalue weighted by Gasteiger charge is -2.11. The van der Waals surface area contributed by atoms with Crippen molar-refractivity contribution in [3.8, 4) is 17.2 Å². The molecule has 138 valence electrons. The van der Waals surface area contributed by atoms with Gasteiger partial charge in [0, 0.05) is 10.6 Å². The van der Waals surface area contributed by atoms with E-state index in [9.17, 15) is 4.79 Å². The molecule has 0 aromatic heterocycles. The van der Waals surface area contributed by atoms with Crippen LogP contribution in [-0.4, -0.2) is 18.2 Å². The van der Waals surface area contributed by atoms with Crippen LogP contribution < -0.4 is 10.6 Å². The number of nitriles is 1. The monoisotopic (exact) mass is 385 g/mol. The van der Waals surface area contributed by atoms with Crippen molar-refractivity contribution in [1.82, 2.24) is 0 Å². The second-order valence-corrected chi connectivity index (χ2v) is 7.57. The fourth-order valence-corrected chi connectivity index (χ4v) is 4.11. The summed E-state index contributed by atoms with van der Waals surface area (Å²) in [6, 6.07) is 24.4. The average molecular weight is 385 g/mol. The topological polar surface area (TPSA) is 64.9 Å². The summed E-state index contributed by atoms with van der Waals surface area (Å²) in [4.78, 5) is 13.3. The number of thioether (sulfide) groups is 1. The Labute approximate surface area is 168 Å². The van der Waals surface area contributed by atoms with E-state index in [0.29, 0.717) is 5.75 Å². The number of amides is 1. The molecule has 0 heterocycles. The zero-order valence-electron chi connectivity index (χ0n) is 15.2. The number of hydrogen-bond acceptors (Lipinski definition) is 4. The Hall–Kier alpha value is -3.23. The fraction of sp³-hybridized carbons (Fsp3) is 0.130. The number of anilines is 2. The zero-order valence-corrected chi connectivity index (χ0v) is 16.1. The summed E-state index contributed by atoms with van der Waals surface area (Å²) in [6.07, 6.45) is 0.927. The number of para-hydroxylation sites is 1. The molecular formula is C23H19N3OS. The van der Waals surface area contributed by atoms with E-state index in [-0.39, 0.29) is 12.5 Å². The predicted octanol–water partition coefficient (Wildman–Crippen LogP) is 4.92. The molecule has 0 aliphatic heterocycles. The predicted molar refractivity (Wildman–Crippen MR) is 115 cm³/mol. The largest absolute Gasteiger partial charge is 0.376 e. The Morgan fingerprint density at radius 2 is 1.79 bits per heavy atom. The van der Waals surface area contributed by atoms with Gasteiger partial charge in [0.2, 0.25) is 5.91 Å². The normalized spacial score (nSPS) is 11.2. The Morgan fingerprint density at radius 3 is 2.68 bits per heavy atom. The second-order valence-electron chi connectivity index (χ2n) is 6.55. The summed E-state index contributed by atoms with van der Waals surface area (Å²) in [5.41, 5.74) is 6.87. The van der Waals surface area contributed by atoms with Crippen molar-refractivity contribution in [2.45, 2.75) is 11.3 Å². The van der Waals surface area contributed by atoms with E-state index in [4.69, 9.17) is 5.26 Å². The van der Waals surface area contributed by atoms with E-state index in [1.54, 1.807) is 0 Å². The smallest absolute Gasteiger partial charge is 0.243 e. The van der Waals surface area contributed by atoms with Crippen LogP contribution in [0, 0.1) is 11.3 Å². The van der Waals surface area contributed by atoms with Gasteiger partial charge in [0.1, 0.15) is 0 Å². The minimum atomic E-state index is -0.117. The molecule has 0 saturated heterocycles. The summed E-state index contributed by atoms with van der Waals surface area (Å²) in [5.74, 6) is 0.233. The Morgan fingerprint density at radius 1 is 1.00 bits per heavy atom. The van der Waals surface area contributed by atoms with Crippen molar-refractivity contribution in [2.24, 2.45) is 0 Å². The Balaban J connectivity index is 1.39. The average Bonchev–Trinajstić information content (AvgIpc) is 3.09. The zero-order chi connectivity index (χ0) is 19.3. The molecule has 0 radical (unpaired) electrons. The summed E-state index contributed by atoms with van der Waals surface area (Å²) < 4.78 is 0.